The largest absolute Gasteiger partial charge is 0.444 e. The molecular weight excluding hydrogens is 382 g/mol. The number of carbonyl (C=O) groups excluding carboxylic acids is 2. The average molecular weight is 406 g/mol. The van der Waals surface area contributed by atoms with E-state index < -0.39 is 6.09 Å². The molecule has 2 aromatic carbocycles. The number of nitrogens with one attached hydrogen (secondary N) is 1. The van der Waals surface area contributed by atoms with Gasteiger partial charge in [0.2, 0.25) is 0 Å². The molecule has 29 heavy (non-hydrogen) atoms. The second-order valence-electron chi connectivity index (χ2n) is 7.30. The number of benzene rings is 2. The molecule has 4 rings (SSSR count). The van der Waals surface area contributed by atoms with Crippen molar-refractivity contribution in [3.05, 3.63) is 87.3 Å². The van der Waals surface area contributed by atoms with Crippen molar-refractivity contribution in [2.24, 2.45) is 0 Å². The van der Waals surface area contributed by atoms with Gasteiger partial charge in [0, 0.05) is 10.4 Å². The van der Waals surface area contributed by atoms with Gasteiger partial charge in [-0.3, -0.25) is 10.1 Å². The molecule has 3 aromatic rings. The maximum atomic E-state index is 13.3. The molecule has 0 bridgehead atoms. The van der Waals surface area contributed by atoms with Crippen LogP contribution in [0, 0.1) is 6.92 Å². The Hall–Kier alpha value is -2.92. The zero-order valence-electron chi connectivity index (χ0n) is 16.4. The SMILES string of the molecule is Cc1cccc(C(=O)c2c(NC(=O)OCc3ccccc3)sc3c2CCCC3)c1. The summed E-state index contributed by atoms with van der Waals surface area (Å²) in [4.78, 5) is 27.0. The minimum absolute atomic E-state index is 0.0357. The number of anilines is 1. The number of hydrogen-bond donors (Lipinski definition) is 1. The zero-order chi connectivity index (χ0) is 20.2. The highest BCUT2D eigenvalue weighted by Gasteiger charge is 2.27. The summed E-state index contributed by atoms with van der Waals surface area (Å²) in [5.41, 5.74) is 4.33. The number of rotatable bonds is 5. The molecule has 0 spiro atoms. The van der Waals surface area contributed by atoms with E-state index in [1.54, 1.807) is 0 Å². The number of ether oxygens (including phenoxy) is 1. The highest BCUT2D eigenvalue weighted by atomic mass is 32.1. The summed E-state index contributed by atoms with van der Waals surface area (Å²) in [6.07, 6.45) is 3.47. The topological polar surface area (TPSA) is 55.4 Å². The van der Waals surface area contributed by atoms with E-state index in [2.05, 4.69) is 5.32 Å². The van der Waals surface area contributed by atoms with E-state index in [1.165, 1.54) is 16.2 Å². The fourth-order valence-corrected chi connectivity index (χ4v) is 4.95. The Morgan fingerprint density at radius 2 is 1.83 bits per heavy atom. The van der Waals surface area contributed by atoms with Gasteiger partial charge in [0.25, 0.3) is 0 Å². The summed E-state index contributed by atoms with van der Waals surface area (Å²) in [6, 6.07) is 17.1. The van der Waals surface area contributed by atoms with Gasteiger partial charge < -0.3 is 4.74 Å². The maximum absolute atomic E-state index is 13.3. The van der Waals surface area contributed by atoms with Crippen LogP contribution in [0.3, 0.4) is 0 Å². The van der Waals surface area contributed by atoms with Crippen LogP contribution in [0.5, 0.6) is 0 Å². The first-order valence-corrected chi connectivity index (χ1v) is 10.7. The number of fused-ring (bicyclic) bond motifs is 1. The van der Waals surface area contributed by atoms with Crippen molar-refractivity contribution in [1.29, 1.82) is 0 Å². The Bertz CT molecular complexity index is 1040. The summed E-state index contributed by atoms with van der Waals surface area (Å²) in [5, 5.41) is 3.44. The first-order chi connectivity index (χ1) is 14.1. The number of aryl methyl sites for hydroxylation is 2. The number of thiophene rings is 1. The summed E-state index contributed by atoms with van der Waals surface area (Å²) in [6.45, 7) is 2.17. The van der Waals surface area contributed by atoms with Crippen LogP contribution in [0.1, 0.15) is 50.3 Å². The van der Waals surface area contributed by atoms with Gasteiger partial charge >= 0.3 is 6.09 Å². The van der Waals surface area contributed by atoms with E-state index in [0.717, 1.165) is 42.4 Å². The van der Waals surface area contributed by atoms with Crippen LogP contribution in [0.4, 0.5) is 9.80 Å². The normalized spacial score (nSPS) is 12.9. The molecule has 0 aliphatic heterocycles. The van der Waals surface area contributed by atoms with Crippen LogP contribution < -0.4 is 5.32 Å². The quantitative estimate of drug-likeness (QED) is 0.537. The summed E-state index contributed by atoms with van der Waals surface area (Å²) >= 11 is 1.51. The van der Waals surface area contributed by atoms with Gasteiger partial charge in [0.1, 0.15) is 11.6 Å². The van der Waals surface area contributed by atoms with Gasteiger partial charge in [0.05, 0.1) is 5.56 Å². The van der Waals surface area contributed by atoms with E-state index >= 15 is 0 Å². The lowest BCUT2D eigenvalue weighted by Gasteiger charge is -2.13. The molecule has 1 aromatic heterocycles. The van der Waals surface area contributed by atoms with Gasteiger partial charge in [-0.25, -0.2) is 4.79 Å². The standard InChI is InChI=1S/C24H23NO3S/c1-16-8-7-11-18(14-16)22(26)21-19-12-5-6-13-20(19)29-23(21)25-24(27)28-15-17-9-3-2-4-10-17/h2-4,7-11,14H,5-6,12-13,15H2,1H3,(H,25,27). The molecule has 148 valence electrons. The van der Waals surface area contributed by atoms with Crippen molar-refractivity contribution in [2.75, 3.05) is 5.32 Å². The fourth-order valence-electron chi connectivity index (χ4n) is 3.68. The average Bonchev–Trinajstić information content (AvgIpc) is 3.10. The van der Waals surface area contributed by atoms with Crippen LogP contribution >= 0.6 is 11.3 Å². The Morgan fingerprint density at radius 1 is 1.03 bits per heavy atom. The van der Waals surface area contributed by atoms with E-state index in [4.69, 9.17) is 4.74 Å². The Morgan fingerprint density at radius 3 is 2.62 bits per heavy atom. The zero-order valence-corrected chi connectivity index (χ0v) is 17.2. The second kappa shape index (κ2) is 8.62. The minimum Gasteiger partial charge on any atom is -0.444 e. The molecule has 1 aliphatic rings. The number of amides is 1. The van der Waals surface area contributed by atoms with Crippen LogP contribution in [-0.4, -0.2) is 11.9 Å². The molecule has 1 N–H and O–H groups in total. The molecule has 0 fully saturated rings. The van der Waals surface area contributed by atoms with Gasteiger partial charge in [-0.15, -0.1) is 11.3 Å². The van der Waals surface area contributed by atoms with Gasteiger partial charge in [-0.1, -0.05) is 54.1 Å². The van der Waals surface area contributed by atoms with E-state index in [9.17, 15) is 9.59 Å². The van der Waals surface area contributed by atoms with Crippen molar-refractivity contribution in [1.82, 2.24) is 0 Å². The number of hydrogen-bond acceptors (Lipinski definition) is 4. The van der Waals surface area contributed by atoms with E-state index in [1.807, 2.05) is 61.5 Å². The maximum Gasteiger partial charge on any atom is 0.412 e. The lowest BCUT2D eigenvalue weighted by atomic mass is 9.91. The predicted octanol–water partition coefficient (Wildman–Crippen LogP) is 5.92. The lowest BCUT2D eigenvalue weighted by Crippen LogP contribution is -2.16. The third-order valence-electron chi connectivity index (χ3n) is 5.11. The summed E-state index contributed by atoms with van der Waals surface area (Å²) in [7, 11) is 0. The Balaban J connectivity index is 1.58. The third-order valence-corrected chi connectivity index (χ3v) is 6.31. The van der Waals surface area contributed by atoms with Crippen molar-refractivity contribution >= 4 is 28.2 Å². The molecule has 0 saturated heterocycles. The number of ketones is 1. The van der Waals surface area contributed by atoms with E-state index in [-0.39, 0.29) is 12.4 Å². The van der Waals surface area contributed by atoms with Crippen molar-refractivity contribution < 1.29 is 14.3 Å². The molecule has 0 radical (unpaired) electrons. The molecule has 0 saturated carbocycles. The van der Waals surface area contributed by atoms with Crippen LogP contribution in [0.15, 0.2) is 54.6 Å². The van der Waals surface area contributed by atoms with Gasteiger partial charge in [0.15, 0.2) is 5.78 Å². The first kappa shape index (κ1) is 19.4. The highest BCUT2D eigenvalue weighted by molar-refractivity contribution is 7.17. The minimum atomic E-state index is -0.536. The second-order valence-corrected chi connectivity index (χ2v) is 8.41. The molecule has 0 unspecified atom stereocenters. The lowest BCUT2D eigenvalue weighted by molar-refractivity contribution is 0.103. The molecule has 5 heteroatoms. The third kappa shape index (κ3) is 4.40. The van der Waals surface area contributed by atoms with Crippen molar-refractivity contribution in [3.8, 4) is 0 Å². The number of carbonyl (C=O) groups is 2. The summed E-state index contributed by atoms with van der Waals surface area (Å²) in [5.74, 6) is -0.0357. The van der Waals surface area contributed by atoms with Crippen LogP contribution in [-0.2, 0) is 24.2 Å². The molecule has 1 aliphatic carbocycles. The monoisotopic (exact) mass is 405 g/mol. The first-order valence-electron chi connectivity index (χ1n) is 9.85. The van der Waals surface area contributed by atoms with Crippen molar-refractivity contribution in [2.45, 2.75) is 39.2 Å². The molecule has 1 heterocycles. The molecule has 0 atom stereocenters. The molecule has 1 amide bonds. The van der Waals surface area contributed by atoms with Gasteiger partial charge in [-0.05, 0) is 49.8 Å². The molecular formula is C24H23NO3S. The van der Waals surface area contributed by atoms with Crippen molar-refractivity contribution in [3.63, 3.8) is 0 Å². The van der Waals surface area contributed by atoms with E-state index in [0.29, 0.717) is 16.1 Å². The Labute approximate surface area is 174 Å². The molecule has 4 nitrogen and oxygen atoms in total. The Kier molecular flexibility index (Phi) is 5.76. The van der Waals surface area contributed by atoms with Crippen LogP contribution in [0.25, 0.3) is 0 Å². The van der Waals surface area contributed by atoms with Crippen LogP contribution in [0.2, 0.25) is 0 Å². The smallest absolute Gasteiger partial charge is 0.412 e. The fraction of sp³-hybridized carbons (Fsp3) is 0.250. The summed E-state index contributed by atoms with van der Waals surface area (Å²) < 4.78 is 5.37. The highest BCUT2D eigenvalue weighted by Crippen LogP contribution is 2.39. The van der Waals surface area contributed by atoms with Gasteiger partial charge in [-0.2, -0.15) is 0 Å². The predicted molar refractivity (Wildman–Crippen MR) is 116 cm³/mol.